The Morgan fingerprint density at radius 2 is 2.11 bits per heavy atom. The Labute approximate surface area is 112 Å². The average molecular weight is 258 g/mol. The molecular weight excluding hydrogens is 240 g/mol. The number of carbonyl (C=O) groups excluding carboxylic acids is 1. The molecule has 1 aromatic carbocycles. The molecule has 19 heavy (non-hydrogen) atoms. The lowest BCUT2D eigenvalue weighted by Gasteiger charge is -2.05. The predicted octanol–water partition coefficient (Wildman–Crippen LogP) is 2.57. The van der Waals surface area contributed by atoms with E-state index in [4.69, 9.17) is 4.52 Å². The monoisotopic (exact) mass is 258 g/mol. The molecule has 0 unspecified atom stereocenters. The van der Waals surface area contributed by atoms with Crippen LogP contribution in [0.2, 0.25) is 0 Å². The van der Waals surface area contributed by atoms with Gasteiger partial charge in [0.15, 0.2) is 0 Å². The highest BCUT2D eigenvalue weighted by molar-refractivity contribution is 5.94. The van der Waals surface area contributed by atoms with Crippen LogP contribution in [-0.4, -0.2) is 17.6 Å². The second-order valence-corrected chi connectivity index (χ2v) is 4.68. The SMILES string of the molecule is Cc1cccc(C(=O)NCCc2c(C)noc2C)c1. The maximum Gasteiger partial charge on any atom is 0.251 e. The molecule has 0 saturated carbocycles. The normalized spacial score (nSPS) is 10.5. The molecule has 1 heterocycles. The predicted molar refractivity (Wildman–Crippen MR) is 73.2 cm³/mol. The molecule has 0 fully saturated rings. The van der Waals surface area contributed by atoms with E-state index in [2.05, 4.69) is 10.5 Å². The summed E-state index contributed by atoms with van der Waals surface area (Å²) in [6, 6.07) is 7.56. The number of nitrogens with one attached hydrogen (secondary N) is 1. The molecule has 2 rings (SSSR count). The Morgan fingerprint density at radius 1 is 1.32 bits per heavy atom. The molecule has 0 spiro atoms. The lowest BCUT2D eigenvalue weighted by atomic mass is 10.1. The van der Waals surface area contributed by atoms with Gasteiger partial charge < -0.3 is 9.84 Å². The second kappa shape index (κ2) is 5.69. The Morgan fingerprint density at radius 3 is 2.74 bits per heavy atom. The summed E-state index contributed by atoms with van der Waals surface area (Å²) in [6.45, 7) is 6.35. The number of aromatic nitrogens is 1. The van der Waals surface area contributed by atoms with Gasteiger partial charge in [-0.1, -0.05) is 22.9 Å². The van der Waals surface area contributed by atoms with Crippen LogP contribution >= 0.6 is 0 Å². The molecule has 0 aliphatic carbocycles. The van der Waals surface area contributed by atoms with Crippen LogP contribution in [-0.2, 0) is 6.42 Å². The van der Waals surface area contributed by atoms with E-state index < -0.39 is 0 Å². The third-order valence-electron chi connectivity index (χ3n) is 3.12. The van der Waals surface area contributed by atoms with Crippen LogP contribution in [0.4, 0.5) is 0 Å². The molecule has 4 nitrogen and oxygen atoms in total. The number of hydrogen-bond donors (Lipinski definition) is 1. The van der Waals surface area contributed by atoms with Crippen LogP contribution in [0.3, 0.4) is 0 Å². The summed E-state index contributed by atoms with van der Waals surface area (Å²) in [5, 5.41) is 6.81. The smallest absolute Gasteiger partial charge is 0.251 e. The Bertz CT molecular complexity index is 568. The average Bonchev–Trinajstić information content (AvgIpc) is 2.70. The number of aryl methyl sites for hydroxylation is 3. The lowest BCUT2D eigenvalue weighted by molar-refractivity contribution is 0.0954. The van der Waals surface area contributed by atoms with Crippen molar-refractivity contribution >= 4 is 5.91 Å². The Hall–Kier alpha value is -2.10. The summed E-state index contributed by atoms with van der Waals surface area (Å²) in [5.41, 5.74) is 3.74. The van der Waals surface area contributed by atoms with Crippen LogP contribution in [0.5, 0.6) is 0 Å². The minimum absolute atomic E-state index is 0.0459. The van der Waals surface area contributed by atoms with E-state index in [1.54, 1.807) is 0 Å². The molecule has 0 atom stereocenters. The van der Waals surface area contributed by atoms with Gasteiger partial charge in [0.25, 0.3) is 5.91 Å². The van der Waals surface area contributed by atoms with Crippen molar-refractivity contribution in [3.8, 4) is 0 Å². The van der Waals surface area contributed by atoms with Crippen molar-refractivity contribution in [2.75, 3.05) is 6.54 Å². The topological polar surface area (TPSA) is 55.1 Å². The van der Waals surface area contributed by atoms with Gasteiger partial charge in [0.1, 0.15) is 5.76 Å². The van der Waals surface area contributed by atoms with E-state index >= 15 is 0 Å². The third kappa shape index (κ3) is 3.22. The van der Waals surface area contributed by atoms with Gasteiger partial charge >= 0.3 is 0 Å². The zero-order valence-corrected chi connectivity index (χ0v) is 11.5. The Kier molecular flexibility index (Phi) is 4.00. The van der Waals surface area contributed by atoms with Gasteiger partial charge in [0.2, 0.25) is 0 Å². The van der Waals surface area contributed by atoms with Crippen molar-refractivity contribution in [1.29, 1.82) is 0 Å². The van der Waals surface area contributed by atoms with Crippen molar-refractivity contribution < 1.29 is 9.32 Å². The van der Waals surface area contributed by atoms with Gasteiger partial charge in [-0.05, 0) is 39.3 Å². The quantitative estimate of drug-likeness (QED) is 0.917. The van der Waals surface area contributed by atoms with Gasteiger partial charge in [-0.15, -0.1) is 0 Å². The van der Waals surface area contributed by atoms with E-state index in [1.165, 1.54) is 0 Å². The van der Waals surface area contributed by atoms with Crippen molar-refractivity contribution in [3.63, 3.8) is 0 Å². The second-order valence-electron chi connectivity index (χ2n) is 4.68. The fourth-order valence-corrected chi connectivity index (χ4v) is 2.05. The van der Waals surface area contributed by atoms with Crippen LogP contribution < -0.4 is 5.32 Å². The molecule has 1 aromatic heterocycles. The van der Waals surface area contributed by atoms with E-state index in [0.29, 0.717) is 12.1 Å². The minimum Gasteiger partial charge on any atom is -0.361 e. The largest absolute Gasteiger partial charge is 0.361 e. The summed E-state index contributed by atoms with van der Waals surface area (Å²) in [6.07, 6.45) is 0.735. The summed E-state index contributed by atoms with van der Waals surface area (Å²) in [5.74, 6) is 0.776. The van der Waals surface area contributed by atoms with Crippen LogP contribution in [0.1, 0.15) is 32.9 Å². The molecule has 2 aromatic rings. The van der Waals surface area contributed by atoms with Gasteiger partial charge in [-0.3, -0.25) is 4.79 Å². The summed E-state index contributed by atoms with van der Waals surface area (Å²) in [7, 11) is 0. The lowest BCUT2D eigenvalue weighted by Crippen LogP contribution is -2.25. The molecule has 1 N–H and O–H groups in total. The number of nitrogens with zero attached hydrogens (tertiary/aromatic N) is 1. The molecular formula is C15H18N2O2. The first-order chi connectivity index (χ1) is 9.08. The fraction of sp³-hybridized carbons (Fsp3) is 0.333. The summed E-state index contributed by atoms with van der Waals surface area (Å²) >= 11 is 0. The fourth-order valence-electron chi connectivity index (χ4n) is 2.05. The van der Waals surface area contributed by atoms with Crippen molar-refractivity contribution in [2.45, 2.75) is 27.2 Å². The zero-order chi connectivity index (χ0) is 13.8. The molecule has 0 bridgehead atoms. The molecule has 0 aliphatic rings. The third-order valence-corrected chi connectivity index (χ3v) is 3.12. The van der Waals surface area contributed by atoms with Gasteiger partial charge in [-0.2, -0.15) is 0 Å². The number of hydrogen-bond acceptors (Lipinski definition) is 3. The van der Waals surface area contributed by atoms with Crippen molar-refractivity contribution in [2.24, 2.45) is 0 Å². The first-order valence-corrected chi connectivity index (χ1v) is 6.34. The van der Waals surface area contributed by atoms with E-state index in [-0.39, 0.29) is 5.91 Å². The molecule has 4 heteroatoms. The summed E-state index contributed by atoms with van der Waals surface area (Å²) in [4.78, 5) is 11.9. The highest BCUT2D eigenvalue weighted by Crippen LogP contribution is 2.12. The molecule has 1 amide bonds. The number of carbonyl (C=O) groups is 1. The highest BCUT2D eigenvalue weighted by Gasteiger charge is 2.10. The highest BCUT2D eigenvalue weighted by atomic mass is 16.5. The standard InChI is InChI=1S/C15H18N2O2/c1-10-5-4-6-13(9-10)15(18)16-8-7-14-11(2)17-19-12(14)3/h4-6,9H,7-8H2,1-3H3,(H,16,18). The first-order valence-electron chi connectivity index (χ1n) is 6.34. The van der Waals surface area contributed by atoms with Crippen LogP contribution in [0.25, 0.3) is 0 Å². The number of amides is 1. The minimum atomic E-state index is -0.0459. The van der Waals surface area contributed by atoms with Crippen molar-refractivity contribution in [1.82, 2.24) is 10.5 Å². The number of benzene rings is 1. The van der Waals surface area contributed by atoms with Crippen molar-refractivity contribution in [3.05, 3.63) is 52.4 Å². The zero-order valence-electron chi connectivity index (χ0n) is 11.5. The van der Waals surface area contributed by atoms with Crippen LogP contribution in [0, 0.1) is 20.8 Å². The van der Waals surface area contributed by atoms with Gasteiger partial charge in [0.05, 0.1) is 5.69 Å². The Balaban J connectivity index is 1.91. The van der Waals surface area contributed by atoms with Gasteiger partial charge in [0, 0.05) is 17.7 Å². The molecule has 0 aliphatic heterocycles. The maximum atomic E-state index is 11.9. The van der Waals surface area contributed by atoms with E-state index in [9.17, 15) is 4.79 Å². The molecule has 0 radical (unpaired) electrons. The molecule has 100 valence electrons. The number of rotatable bonds is 4. The van der Waals surface area contributed by atoms with E-state index in [0.717, 1.165) is 29.0 Å². The maximum absolute atomic E-state index is 11.9. The first kappa shape index (κ1) is 13.3. The van der Waals surface area contributed by atoms with E-state index in [1.807, 2.05) is 45.0 Å². The molecule has 0 saturated heterocycles. The van der Waals surface area contributed by atoms with Crippen LogP contribution in [0.15, 0.2) is 28.8 Å². The summed E-state index contributed by atoms with van der Waals surface area (Å²) < 4.78 is 5.09. The van der Waals surface area contributed by atoms with Gasteiger partial charge in [-0.25, -0.2) is 0 Å².